The molecular formula is C11H15F3N2O. The molecule has 0 aliphatic carbocycles. The summed E-state index contributed by atoms with van der Waals surface area (Å²) in [5, 5.41) is 3.04. The van der Waals surface area contributed by atoms with E-state index in [4.69, 9.17) is 4.74 Å². The van der Waals surface area contributed by atoms with Crippen LogP contribution < -0.4 is 10.1 Å². The fourth-order valence-corrected chi connectivity index (χ4v) is 1.18. The molecule has 3 nitrogen and oxygen atoms in total. The van der Waals surface area contributed by atoms with Gasteiger partial charge in [-0.25, -0.2) is 18.2 Å². The third kappa shape index (κ3) is 5.04. The van der Waals surface area contributed by atoms with Crippen molar-refractivity contribution < 1.29 is 17.9 Å². The number of rotatable bonds is 6. The lowest BCUT2D eigenvalue weighted by atomic mass is 10.2. The molecule has 96 valence electrons. The lowest BCUT2D eigenvalue weighted by molar-refractivity contribution is 0.0789. The van der Waals surface area contributed by atoms with Crippen molar-refractivity contribution >= 4 is 0 Å². The maximum Gasteiger partial charge on any atom is 0.272 e. The number of nitrogens with zero attached hydrogens (tertiary/aromatic N) is 1. The SMILES string of the molecule is CC(C)NCc1cc(F)cnc1OCC(F)F. The zero-order valence-electron chi connectivity index (χ0n) is 9.71. The summed E-state index contributed by atoms with van der Waals surface area (Å²) in [6.07, 6.45) is -1.63. The third-order valence-corrected chi connectivity index (χ3v) is 1.94. The molecule has 0 aliphatic heterocycles. The van der Waals surface area contributed by atoms with Crippen LogP contribution in [0.3, 0.4) is 0 Å². The molecule has 0 spiro atoms. The van der Waals surface area contributed by atoms with Gasteiger partial charge in [-0.15, -0.1) is 0 Å². The van der Waals surface area contributed by atoms with Gasteiger partial charge in [-0.1, -0.05) is 13.8 Å². The number of ether oxygens (including phenoxy) is 1. The lowest BCUT2D eigenvalue weighted by Gasteiger charge is -2.12. The van der Waals surface area contributed by atoms with Gasteiger partial charge in [0.05, 0.1) is 6.20 Å². The molecule has 6 heteroatoms. The van der Waals surface area contributed by atoms with Crippen molar-refractivity contribution in [2.75, 3.05) is 6.61 Å². The second-order valence-electron chi connectivity index (χ2n) is 3.86. The van der Waals surface area contributed by atoms with Crippen LogP contribution in [0.25, 0.3) is 0 Å². The molecule has 0 atom stereocenters. The van der Waals surface area contributed by atoms with Gasteiger partial charge in [0.15, 0.2) is 6.61 Å². The molecule has 17 heavy (non-hydrogen) atoms. The molecule has 0 aliphatic rings. The Balaban J connectivity index is 2.72. The summed E-state index contributed by atoms with van der Waals surface area (Å²) in [6, 6.07) is 1.42. The van der Waals surface area contributed by atoms with Crippen LogP contribution in [0.5, 0.6) is 5.88 Å². The molecule has 1 rings (SSSR count). The normalized spacial score (nSPS) is 11.2. The summed E-state index contributed by atoms with van der Waals surface area (Å²) < 4.78 is 41.8. The van der Waals surface area contributed by atoms with E-state index in [1.807, 2.05) is 13.8 Å². The highest BCUT2D eigenvalue weighted by Gasteiger charge is 2.10. The van der Waals surface area contributed by atoms with Crippen LogP contribution in [0.15, 0.2) is 12.3 Å². The molecular weight excluding hydrogens is 233 g/mol. The Morgan fingerprint density at radius 1 is 1.41 bits per heavy atom. The van der Waals surface area contributed by atoms with E-state index in [1.54, 1.807) is 0 Å². The number of alkyl halides is 2. The molecule has 0 saturated carbocycles. The van der Waals surface area contributed by atoms with E-state index >= 15 is 0 Å². The van der Waals surface area contributed by atoms with Crippen molar-refractivity contribution in [2.24, 2.45) is 0 Å². The first-order valence-electron chi connectivity index (χ1n) is 5.27. The van der Waals surface area contributed by atoms with E-state index in [0.717, 1.165) is 6.20 Å². The maximum atomic E-state index is 13.0. The van der Waals surface area contributed by atoms with Crippen molar-refractivity contribution in [3.8, 4) is 5.88 Å². The van der Waals surface area contributed by atoms with E-state index in [9.17, 15) is 13.2 Å². The summed E-state index contributed by atoms with van der Waals surface area (Å²) in [4.78, 5) is 3.66. The quantitative estimate of drug-likeness (QED) is 0.839. The van der Waals surface area contributed by atoms with E-state index in [2.05, 4.69) is 10.3 Å². The topological polar surface area (TPSA) is 34.2 Å². The number of halogens is 3. The van der Waals surface area contributed by atoms with E-state index in [0.29, 0.717) is 12.1 Å². The Morgan fingerprint density at radius 2 is 2.12 bits per heavy atom. The minimum absolute atomic E-state index is 0.0415. The average Bonchev–Trinajstić information content (AvgIpc) is 2.24. The Hall–Kier alpha value is -1.30. The smallest absolute Gasteiger partial charge is 0.272 e. The summed E-state index contributed by atoms with van der Waals surface area (Å²) in [5.41, 5.74) is 0.430. The molecule has 0 unspecified atom stereocenters. The van der Waals surface area contributed by atoms with Crippen molar-refractivity contribution in [3.05, 3.63) is 23.6 Å². The summed E-state index contributed by atoms with van der Waals surface area (Å²) in [7, 11) is 0. The van der Waals surface area contributed by atoms with Crippen molar-refractivity contribution in [1.82, 2.24) is 10.3 Å². The molecule has 1 aromatic rings. The first kappa shape index (κ1) is 13.8. The fourth-order valence-electron chi connectivity index (χ4n) is 1.18. The van der Waals surface area contributed by atoms with Crippen LogP contribution in [0.4, 0.5) is 13.2 Å². The fraction of sp³-hybridized carbons (Fsp3) is 0.545. The van der Waals surface area contributed by atoms with E-state index < -0.39 is 18.8 Å². The number of aromatic nitrogens is 1. The Labute approximate surface area is 98.0 Å². The van der Waals surface area contributed by atoms with Crippen LogP contribution in [-0.4, -0.2) is 24.1 Å². The zero-order chi connectivity index (χ0) is 12.8. The van der Waals surface area contributed by atoms with Gasteiger partial charge in [0.2, 0.25) is 5.88 Å². The molecule has 1 aromatic heterocycles. The Kier molecular flexibility index (Phi) is 5.21. The number of nitrogens with one attached hydrogen (secondary N) is 1. The second-order valence-corrected chi connectivity index (χ2v) is 3.86. The van der Waals surface area contributed by atoms with Crippen molar-refractivity contribution in [1.29, 1.82) is 0 Å². The highest BCUT2D eigenvalue weighted by atomic mass is 19.3. The van der Waals surface area contributed by atoms with Gasteiger partial charge in [-0.05, 0) is 6.07 Å². The average molecular weight is 248 g/mol. The lowest BCUT2D eigenvalue weighted by Crippen LogP contribution is -2.22. The highest BCUT2D eigenvalue weighted by molar-refractivity contribution is 5.26. The van der Waals surface area contributed by atoms with Gasteiger partial charge in [-0.2, -0.15) is 0 Å². The van der Waals surface area contributed by atoms with Gasteiger partial charge in [-0.3, -0.25) is 0 Å². The molecule has 0 aromatic carbocycles. The number of hydrogen-bond donors (Lipinski definition) is 1. The van der Waals surface area contributed by atoms with Crippen LogP contribution in [0, 0.1) is 5.82 Å². The van der Waals surface area contributed by atoms with Gasteiger partial charge in [0, 0.05) is 18.2 Å². The van der Waals surface area contributed by atoms with Crippen LogP contribution in [0.1, 0.15) is 19.4 Å². The molecule has 0 saturated heterocycles. The van der Waals surface area contributed by atoms with Crippen molar-refractivity contribution in [2.45, 2.75) is 32.9 Å². The van der Waals surface area contributed by atoms with E-state index in [1.165, 1.54) is 6.07 Å². The minimum Gasteiger partial charge on any atom is -0.471 e. The maximum absolute atomic E-state index is 13.0. The number of hydrogen-bond acceptors (Lipinski definition) is 3. The standard InChI is InChI=1S/C11H15F3N2O/c1-7(2)15-4-8-3-9(12)5-16-11(8)17-6-10(13)14/h3,5,7,10,15H,4,6H2,1-2H3. The number of pyridine rings is 1. The largest absolute Gasteiger partial charge is 0.471 e. The van der Waals surface area contributed by atoms with Crippen LogP contribution >= 0.6 is 0 Å². The Morgan fingerprint density at radius 3 is 2.71 bits per heavy atom. The highest BCUT2D eigenvalue weighted by Crippen LogP contribution is 2.16. The molecule has 1 heterocycles. The molecule has 0 bridgehead atoms. The molecule has 0 radical (unpaired) electrons. The summed E-state index contributed by atoms with van der Waals surface area (Å²) >= 11 is 0. The van der Waals surface area contributed by atoms with Gasteiger partial charge in [0.25, 0.3) is 6.43 Å². The predicted molar refractivity (Wildman–Crippen MR) is 57.7 cm³/mol. The van der Waals surface area contributed by atoms with E-state index in [-0.39, 0.29) is 11.9 Å². The second kappa shape index (κ2) is 6.44. The predicted octanol–water partition coefficient (Wildman–Crippen LogP) is 2.36. The third-order valence-electron chi connectivity index (χ3n) is 1.94. The van der Waals surface area contributed by atoms with Crippen LogP contribution in [0.2, 0.25) is 0 Å². The minimum atomic E-state index is -2.58. The van der Waals surface area contributed by atoms with Crippen molar-refractivity contribution in [3.63, 3.8) is 0 Å². The summed E-state index contributed by atoms with van der Waals surface area (Å²) in [6.45, 7) is 3.42. The monoisotopic (exact) mass is 248 g/mol. The summed E-state index contributed by atoms with van der Waals surface area (Å²) in [5.74, 6) is -0.477. The van der Waals surface area contributed by atoms with Gasteiger partial charge >= 0.3 is 0 Å². The zero-order valence-corrected chi connectivity index (χ0v) is 9.71. The van der Waals surface area contributed by atoms with Gasteiger partial charge in [0.1, 0.15) is 5.82 Å². The Bertz CT molecular complexity index is 359. The molecule has 0 fully saturated rings. The first-order valence-corrected chi connectivity index (χ1v) is 5.27. The molecule has 1 N–H and O–H groups in total. The first-order chi connectivity index (χ1) is 7.99. The molecule has 0 amide bonds. The van der Waals surface area contributed by atoms with Crippen LogP contribution in [-0.2, 0) is 6.54 Å². The van der Waals surface area contributed by atoms with Gasteiger partial charge < -0.3 is 10.1 Å².